The monoisotopic (exact) mass is 933 g/mol. The van der Waals surface area contributed by atoms with Gasteiger partial charge < -0.3 is 34.3 Å². The van der Waals surface area contributed by atoms with Crippen LogP contribution in [0.25, 0.3) is 0 Å². The third-order valence-electron chi connectivity index (χ3n) is 12.0. The third-order valence-corrected chi connectivity index (χ3v) is 12.5. The first-order chi connectivity index (χ1) is 31.1. The van der Waals surface area contributed by atoms with Crippen molar-refractivity contribution in [2.24, 2.45) is 0 Å². The lowest BCUT2D eigenvalue weighted by atomic mass is 9.99. The Morgan fingerprint density at radius 3 is 1.41 bits per heavy atom. The Morgan fingerprint density at radius 1 is 0.578 bits per heavy atom. The summed E-state index contributed by atoms with van der Waals surface area (Å²) in [5, 5.41) is 30.8. The first-order valence-electron chi connectivity index (χ1n) is 26.1. The van der Waals surface area contributed by atoms with Crippen LogP contribution in [0.2, 0.25) is 0 Å². The molecule has 1 fully saturated rings. The number of hydrogen-bond donors (Lipinski definition) is 4. The molecule has 378 valence electrons. The highest BCUT2D eigenvalue weighted by atomic mass is 32.3. The molecule has 64 heavy (non-hydrogen) atoms. The SMILES string of the molecule is CCCCCCCC/C=C\CCCCCCCCCCCCOCC(COC1OC(CO)C(O)C(OS(=O)(=O)O)C1O)OC(=O)CCCCCCCCC/C=C\CCCCCCCC. The highest BCUT2D eigenvalue weighted by Crippen LogP contribution is 2.26. The van der Waals surface area contributed by atoms with Gasteiger partial charge in [0.25, 0.3) is 0 Å². The van der Waals surface area contributed by atoms with Crippen molar-refractivity contribution in [2.45, 2.75) is 269 Å². The van der Waals surface area contributed by atoms with Crippen LogP contribution in [0.1, 0.15) is 232 Å². The molecule has 0 aromatic rings. The van der Waals surface area contributed by atoms with Crippen LogP contribution in [0.15, 0.2) is 24.3 Å². The van der Waals surface area contributed by atoms with Gasteiger partial charge in [-0.3, -0.25) is 9.35 Å². The van der Waals surface area contributed by atoms with Gasteiger partial charge in [0.1, 0.15) is 30.5 Å². The molecular weight excluding hydrogens is 837 g/mol. The summed E-state index contributed by atoms with van der Waals surface area (Å²) in [6.45, 7) is 4.01. The van der Waals surface area contributed by atoms with Crippen molar-refractivity contribution < 1.29 is 56.2 Å². The van der Waals surface area contributed by atoms with Crippen molar-refractivity contribution in [2.75, 3.05) is 26.4 Å². The minimum absolute atomic E-state index is 0.0364. The van der Waals surface area contributed by atoms with Crippen LogP contribution in [0.3, 0.4) is 0 Å². The molecule has 0 spiro atoms. The minimum Gasteiger partial charge on any atom is -0.457 e. The molecule has 6 atom stereocenters. The summed E-state index contributed by atoms with van der Waals surface area (Å²) in [5.74, 6) is -0.401. The van der Waals surface area contributed by atoms with Crippen LogP contribution >= 0.6 is 0 Å². The fourth-order valence-corrected chi connectivity index (χ4v) is 8.58. The first-order valence-corrected chi connectivity index (χ1v) is 27.5. The van der Waals surface area contributed by atoms with Crippen LogP contribution in [0.4, 0.5) is 0 Å². The Hall–Kier alpha value is -1.42. The summed E-state index contributed by atoms with van der Waals surface area (Å²) >= 11 is 0. The van der Waals surface area contributed by atoms with E-state index < -0.39 is 59.8 Å². The topological polar surface area (TPSA) is 178 Å². The smallest absolute Gasteiger partial charge is 0.397 e. The fourth-order valence-electron chi connectivity index (χ4n) is 8.08. The normalized spacial score (nSPS) is 19.9. The number of esters is 1. The lowest BCUT2D eigenvalue weighted by Gasteiger charge is -2.41. The predicted molar refractivity (Wildman–Crippen MR) is 257 cm³/mol. The Balaban J connectivity index is 2.35. The van der Waals surface area contributed by atoms with Gasteiger partial charge in [-0.05, 0) is 64.2 Å². The number of carbonyl (C=O) groups is 1. The van der Waals surface area contributed by atoms with Gasteiger partial charge in [-0.1, -0.05) is 186 Å². The predicted octanol–water partition coefficient (Wildman–Crippen LogP) is 12.0. The summed E-state index contributed by atoms with van der Waals surface area (Å²) in [7, 11) is -5.06. The lowest BCUT2D eigenvalue weighted by Crippen LogP contribution is -2.60. The lowest BCUT2D eigenvalue weighted by molar-refractivity contribution is -0.301. The Labute approximate surface area is 391 Å². The molecular formula is C51H96O12S. The summed E-state index contributed by atoms with van der Waals surface area (Å²) < 4.78 is 59.3. The van der Waals surface area contributed by atoms with Gasteiger partial charge in [-0.15, -0.1) is 0 Å². The summed E-state index contributed by atoms with van der Waals surface area (Å²) in [5.41, 5.74) is 0. The second-order valence-corrected chi connectivity index (χ2v) is 19.2. The molecule has 0 aromatic carbocycles. The minimum atomic E-state index is -5.06. The maximum atomic E-state index is 12.9. The number of allylic oxidation sites excluding steroid dienone is 4. The Kier molecular flexibility index (Phi) is 40.6. The highest BCUT2D eigenvalue weighted by molar-refractivity contribution is 7.80. The number of ether oxygens (including phenoxy) is 4. The Morgan fingerprint density at radius 2 is 0.984 bits per heavy atom. The van der Waals surface area contributed by atoms with E-state index in [0.29, 0.717) is 13.0 Å². The largest absolute Gasteiger partial charge is 0.457 e. The van der Waals surface area contributed by atoms with Crippen molar-refractivity contribution in [1.29, 1.82) is 0 Å². The molecule has 0 bridgehead atoms. The highest BCUT2D eigenvalue weighted by Gasteiger charge is 2.48. The van der Waals surface area contributed by atoms with Crippen molar-refractivity contribution >= 4 is 16.4 Å². The number of rotatable bonds is 46. The van der Waals surface area contributed by atoms with Gasteiger partial charge in [0, 0.05) is 13.0 Å². The molecule has 0 radical (unpaired) electrons. The van der Waals surface area contributed by atoms with Gasteiger partial charge in [0.05, 0.1) is 19.8 Å². The third kappa shape index (κ3) is 35.7. The van der Waals surface area contributed by atoms with Gasteiger partial charge >= 0.3 is 16.4 Å². The molecule has 1 saturated heterocycles. The number of carbonyl (C=O) groups excluding carboxylic acids is 1. The molecule has 1 aliphatic rings. The molecule has 1 heterocycles. The van der Waals surface area contributed by atoms with Gasteiger partial charge in [0.2, 0.25) is 0 Å². The number of aliphatic hydroxyl groups excluding tert-OH is 3. The van der Waals surface area contributed by atoms with Gasteiger partial charge in [-0.25, -0.2) is 4.18 Å². The molecule has 1 rings (SSSR count). The molecule has 6 unspecified atom stereocenters. The molecule has 0 amide bonds. The van der Waals surface area contributed by atoms with E-state index in [1.807, 2.05) is 0 Å². The molecule has 13 heteroatoms. The average molecular weight is 933 g/mol. The molecule has 12 nitrogen and oxygen atoms in total. The van der Waals surface area contributed by atoms with E-state index in [9.17, 15) is 33.1 Å². The maximum Gasteiger partial charge on any atom is 0.397 e. The van der Waals surface area contributed by atoms with Crippen molar-refractivity contribution in [3.05, 3.63) is 24.3 Å². The summed E-state index contributed by atoms with van der Waals surface area (Å²) in [4.78, 5) is 12.9. The number of aliphatic hydroxyl groups is 3. The van der Waals surface area contributed by atoms with Crippen LogP contribution < -0.4 is 0 Å². The zero-order valence-corrected chi connectivity index (χ0v) is 41.4. The molecule has 0 saturated carbocycles. The fraction of sp³-hybridized carbons (Fsp3) is 0.902. The standard InChI is InChI=1S/C51H96O12S/c1-3-5-7-9-11-13-15-17-19-21-22-23-25-27-29-31-33-35-37-39-41-59-43-45(44-60-51-49(55)50(63-64(56,57)58)48(54)46(42-52)62-51)61-47(53)40-38-36-34-32-30-28-26-24-20-18-16-14-12-10-8-6-4-2/h17-20,45-46,48-52,54-55H,3-16,21-44H2,1-2H3,(H,56,57,58)/b19-17-,20-18-. The van der Waals surface area contributed by atoms with Crippen LogP contribution in [-0.2, 0) is 38.3 Å². The van der Waals surface area contributed by atoms with Gasteiger partial charge in [-0.2, -0.15) is 8.42 Å². The molecule has 0 aliphatic carbocycles. The quantitative estimate of drug-likeness (QED) is 0.0197. The second kappa shape index (κ2) is 42.9. The van der Waals surface area contributed by atoms with E-state index >= 15 is 0 Å². The van der Waals surface area contributed by atoms with Crippen LogP contribution in [0, 0.1) is 0 Å². The number of hydrogen-bond acceptors (Lipinski definition) is 11. The second-order valence-electron chi connectivity index (χ2n) is 18.1. The molecule has 4 N–H and O–H groups in total. The number of unbranched alkanes of at least 4 members (excludes halogenated alkanes) is 29. The Bertz CT molecular complexity index is 1210. The maximum absolute atomic E-state index is 12.9. The first kappa shape index (κ1) is 60.6. The van der Waals surface area contributed by atoms with E-state index in [1.165, 1.54) is 161 Å². The van der Waals surface area contributed by atoms with Gasteiger partial charge in [0.15, 0.2) is 6.29 Å². The van der Waals surface area contributed by atoms with E-state index in [1.54, 1.807) is 0 Å². The van der Waals surface area contributed by atoms with Crippen LogP contribution in [0.5, 0.6) is 0 Å². The van der Waals surface area contributed by atoms with E-state index in [0.717, 1.165) is 44.9 Å². The zero-order valence-electron chi connectivity index (χ0n) is 40.6. The van der Waals surface area contributed by atoms with Crippen molar-refractivity contribution in [1.82, 2.24) is 0 Å². The van der Waals surface area contributed by atoms with E-state index in [-0.39, 0.29) is 19.6 Å². The zero-order chi connectivity index (χ0) is 46.8. The van der Waals surface area contributed by atoms with E-state index in [2.05, 4.69) is 42.3 Å². The van der Waals surface area contributed by atoms with E-state index in [4.69, 9.17) is 18.9 Å². The molecule has 1 aliphatic heterocycles. The van der Waals surface area contributed by atoms with Crippen LogP contribution in [-0.4, -0.2) is 97.5 Å². The summed E-state index contributed by atoms with van der Waals surface area (Å²) in [6.07, 6.45) is 40.6. The van der Waals surface area contributed by atoms with Crippen molar-refractivity contribution in [3.63, 3.8) is 0 Å². The van der Waals surface area contributed by atoms with Crippen molar-refractivity contribution in [3.8, 4) is 0 Å². The summed E-state index contributed by atoms with van der Waals surface area (Å²) in [6, 6.07) is 0. The molecule has 0 aromatic heterocycles. The average Bonchev–Trinajstić information content (AvgIpc) is 3.27.